The molecule has 0 saturated carbocycles. The number of amides is 4. The van der Waals surface area contributed by atoms with Crippen LogP contribution in [0.15, 0.2) is 42.5 Å². The Morgan fingerprint density at radius 1 is 0.833 bits per heavy atom. The van der Waals surface area contributed by atoms with E-state index in [0.29, 0.717) is 29.5 Å². The first kappa shape index (κ1) is 21.1. The Morgan fingerprint density at radius 2 is 1.47 bits per heavy atom. The molecular weight excluding hydrogens is 390 g/mol. The number of carbonyl (C=O) groups excluding carboxylic acids is 3. The van der Waals surface area contributed by atoms with E-state index in [0.717, 1.165) is 15.4 Å². The van der Waals surface area contributed by atoms with Gasteiger partial charge in [0.05, 0.1) is 33.7 Å². The molecule has 0 spiro atoms. The summed E-state index contributed by atoms with van der Waals surface area (Å²) in [6.45, 7) is 0.339. The molecule has 0 radical (unpaired) electrons. The van der Waals surface area contributed by atoms with E-state index in [-0.39, 0.29) is 6.67 Å². The summed E-state index contributed by atoms with van der Waals surface area (Å²) in [4.78, 5) is 41.2. The number of rotatable bonds is 8. The van der Waals surface area contributed by atoms with E-state index < -0.39 is 17.8 Å². The number of carbonyl (C=O) groups is 3. The molecule has 1 aliphatic rings. The highest BCUT2D eigenvalue weighted by molar-refractivity contribution is 6.52. The van der Waals surface area contributed by atoms with Crippen LogP contribution < -0.4 is 19.1 Å². The molecule has 0 atom stereocenters. The largest absolute Gasteiger partial charge is 0.497 e. The number of ether oxygens (including phenoxy) is 3. The minimum absolute atomic E-state index is 0.0504. The first-order chi connectivity index (χ1) is 14.4. The smallest absolute Gasteiger partial charge is 0.340 e. The van der Waals surface area contributed by atoms with Gasteiger partial charge in [-0.25, -0.2) is 14.6 Å². The van der Waals surface area contributed by atoms with Gasteiger partial charge in [-0.15, -0.1) is 0 Å². The normalized spacial score (nSPS) is 14.0. The SMILES string of the molecule is COc1ccc(N2C(=O)C(=O)N(CN(C)Cc3ccc(OC)cc3OC)C2=O)cc1. The van der Waals surface area contributed by atoms with Crippen molar-refractivity contribution < 1.29 is 28.6 Å². The Bertz CT molecular complexity index is 960. The van der Waals surface area contributed by atoms with E-state index >= 15 is 0 Å². The van der Waals surface area contributed by atoms with Crippen molar-refractivity contribution in [3.8, 4) is 17.2 Å². The van der Waals surface area contributed by atoms with Crippen molar-refractivity contribution in [2.45, 2.75) is 6.54 Å². The van der Waals surface area contributed by atoms with Crippen LogP contribution in [-0.2, 0) is 16.1 Å². The fourth-order valence-corrected chi connectivity index (χ4v) is 3.15. The van der Waals surface area contributed by atoms with Gasteiger partial charge in [0.25, 0.3) is 0 Å². The second kappa shape index (κ2) is 8.83. The molecule has 4 amide bonds. The molecule has 0 N–H and O–H groups in total. The van der Waals surface area contributed by atoms with E-state index in [1.54, 1.807) is 62.6 Å². The molecule has 1 heterocycles. The number of hydrogen-bond acceptors (Lipinski definition) is 7. The first-order valence-electron chi connectivity index (χ1n) is 9.13. The Labute approximate surface area is 174 Å². The topological polar surface area (TPSA) is 88.6 Å². The summed E-state index contributed by atoms with van der Waals surface area (Å²) in [5, 5.41) is 0. The standard InChI is InChI=1S/C21H23N3O6/c1-22(12-14-5-8-17(29-3)11-18(14)30-4)13-23-19(25)20(26)24(21(23)27)15-6-9-16(28-2)10-7-15/h5-11H,12-13H2,1-4H3. The van der Waals surface area contributed by atoms with Crippen LogP contribution in [0.2, 0.25) is 0 Å². The third-order valence-corrected chi connectivity index (χ3v) is 4.70. The van der Waals surface area contributed by atoms with Gasteiger partial charge in [0, 0.05) is 18.2 Å². The Hall–Kier alpha value is -3.59. The van der Waals surface area contributed by atoms with Gasteiger partial charge in [-0.2, -0.15) is 0 Å². The zero-order valence-corrected chi connectivity index (χ0v) is 17.2. The van der Waals surface area contributed by atoms with Crippen molar-refractivity contribution in [2.75, 3.05) is 39.9 Å². The minimum Gasteiger partial charge on any atom is -0.497 e. The second-order valence-electron chi connectivity index (χ2n) is 6.69. The molecule has 30 heavy (non-hydrogen) atoms. The third kappa shape index (κ3) is 4.06. The number of anilines is 1. The van der Waals surface area contributed by atoms with Gasteiger partial charge in [-0.1, -0.05) is 6.07 Å². The molecule has 1 saturated heterocycles. The lowest BCUT2D eigenvalue weighted by atomic mass is 10.2. The number of imide groups is 2. The van der Waals surface area contributed by atoms with Crippen LogP contribution in [0.5, 0.6) is 17.2 Å². The van der Waals surface area contributed by atoms with Gasteiger partial charge >= 0.3 is 17.8 Å². The van der Waals surface area contributed by atoms with Crippen molar-refractivity contribution in [2.24, 2.45) is 0 Å². The number of urea groups is 1. The third-order valence-electron chi connectivity index (χ3n) is 4.70. The van der Waals surface area contributed by atoms with Gasteiger partial charge < -0.3 is 14.2 Å². The predicted molar refractivity (Wildman–Crippen MR) is 109 cm³/mol. The van der Waals surface area contributed by atoms with Crippen molar-refractivity contribution >= 4 is 23.5 Å². The highest BCUT2D eigenvalue weighted by Crippen LogP contribution is 2.27. The molecule has 3 rings (SSSR count). The Morgan fingerprint density at radius 3 is 2.07 bits per heavy atom. The molecule has 9 nitrogen and oxygen atoms in total. The van der Waals surface area contributed by atoms with Gasteiger partial charge in [0.2, 0.25) is 0 Å². The van der Waals surface area contributed by atoms with Crippen molar-refractivity contribution in [3.63, 3.8) is 0 Å². The first-order valence-corrected chi connectivity index (χ1v) is 9.13. The van der Waals surface area contributed by atoms with E-state index in [1.807, 2.05) is 6.07 Å². The fourth-order valence-electron chi connectivity index (χ4n) is 3.15. The summed E-state index contributed by atoms with van der Waals surface area (Å²) < 4.78 is 15.7. The van der Waals surface area contributed by atoms with Gasteiger partial charge in [-0.3, -0.25) is 14.5 Å². The highest BCUT2D eigenvalue weighted by atomic mass is 16.5. The van der Waals surface area contributed by atoms with Gasteiger partial charge in [0.1, 0.15) is 17.2 Å². The summed E-state index contributed by atoms with van der Waals surface area (Å²) in [6.07, 6.45) is 0. The Kier molecular flexibility index (Phi) is 6.22. The number of hydrogen-bond donors (Lipinski definition) is 0. The van der Waals surface area contributed by atoms with E-state index in [2.05, 4.69) is 0 Å². The summed E-state index contributed by atoms with van der Waals surface area (Å²) in [7, 11) is 6.37. The molecule has 0 bridgehead atoms. The quantitative estimate of drug-likeness (QED) is 0.484. The monoisotopic (exact) mass is 413 g/mol. The van der Waals surface area contributed by atoms with E-state index in [9.17, 15) is 14.4 Å². The lowest BCUT2D eigenvalue weighted by molar-refractivity contribution is -0.140. The highest BCUT2D eigenvalue weighted by Gasteiger charge is 2.45. The predicted octanol–water partition coefficient (Wildman–Crippen LogP) is 2.10. The average molecular weight is 413 g/mol. The zero-order valence-electron chi connectivity index (χ0n) is 17.2. The van der Waals surface area contributed by atoms with Crippen LogP contribution in [0, 0.1) is 0 Å². The summed E-state index contributed by atoms with van der Waals surface area (Å²) in [5.74, 6) is 0.0965. The summed E-state index contributed by atoms with van der Waals surface area (Å²) in [5.41, 5.74) is 1.15. The van der Waals surface area contributed by atoms with Crippen LogP contribution >= 0.6 is 0 Å². The Balaban J connectivity index is 1.74. The molecule has 9 heteroatoms. The molecule has 1 aliphatic heterocycles. The maximum absolute atomic E-state index is 12.8. The maximum atomic E-state index is 12.8. The van der Waals surface area contributed by atoms with Crippen LogP contribution in [0.25, 0.3) is 0 Å². The van der Waals surface area contributed by atoms with Crippen molar-refractivity contribution in [3.05, 3.63) is 48.0 Å². The lowest BCUT2D eigenvalue weighted by Gasteiger charge is -2.23. The molecule has 0 aromatic heterocycles. The van der Waals surface area contributed by atoms with Gasteiger partial charge in [0.15, 0.2) is 0 Å². The molecule has 0 unspecified atom stereocenters. The molecule has 0 aliphatic carbocycles. The lowest BCUT2D eigenvalue weighted by Crippen LogP contribution is -2.40. The zero-order chi connectivity index (χ0) is 21.8. The summed E-state index contributed by atoms with van der Waals surface area (Å²) in [6, 6.07) is 11.0. The van der Waals surface area contributed by atoms with E-state index in [1.165, 1.54) is 7.11 Å². The molecule has 158 valence electrons. The van der Waals surface area contributed by atoms with Crippen LogP contribution in [0.3, 0.4) is 0 Å². The van der Waals surface area contributed by atoms with Crippen LogP contribution in [0.4, 0.5) is 10.5 Å². The number of benzene rings is 2. The van der Waals surface area contributed by atoms with Crippen LogP contribution in [-0.4, -0.2) is 62.7 Å². The molecule has 2 aromatic carbocycles. The fraction of sp³-hybridized carbons (Fsp3) is 0.286. The van der Waals surface area contributed by atoms with Crippen molar-refractivity contribution in [1.82, 2.24) is 9.80 Å². The molecule has 1 fully saturated rings. The number of nitrogens with zero attached hydrogens (tertiary/aromatic N) is 3. The van der Waals surface area contributed by atoms with Crippen LogP contribution in [0.1, 0.15) is 5.56 Å². The maximum Gasteiger partial charge on any atom is 0.340 e. The molecule has 2 aromatic rings. The molecular formula is C21H23N3O6. The average Bonchev–Trinajstić information content (AvgIpc) is 2.97. The number of methoxy groups -OCH3 is 3. The van der Waals surface area contributed by atoms with Gasteiger partial charge in [-0.05, 0) is 37.4 Å². The second-order valence-corrected chi connectivity index (χ2v) is 6.69. The summed E-state index contributed by atoms with van der Waals surface area (Å²) >= 11 is 0. The van der Waals surface area contributed by atoms with Crippen molar-refractivity contribution in [1.29, 1.82) is 0 Å². The van der Waals surface area contributed by atoms with E-state index in [4.69, 9.17) is 14.2 Å². The minimum atomic E-state index is -0.888.